The third kappa shape index (κ3) is 4.21. The molecule has 11 atom stereocenters. The smallest absolute Gasteiger partial charge is 0.302 e. The zero-order valence-corrected chi connectivity index (χ0v) is 21.7. The summed E-state index contributed by atoms with van der Waals surface area (Å²) >= 11 is 0. The number of ether oxygens (including phenoxy) is 1. The highest BCUT2D eigenvalue weighted by Gasteiger charge is 2.65. The van der Waals surface area contributed by atoms with Gasteiger partial charge in [-0.1, -0.05) is 34.1 Å². The van der Waals surface area contributed by atoms with E-state index in [0.717, 1.165) is 44.8 Å². The van der Waals surface area contributed by atoms with Crippen molar-refractivity contribution in [2.75, 3.05) is 0 Å². The van der Waals surface area contributed by atoms with Crippen LogP contribution in [0.15, 0.2) is 0 Å². The predicted octanol–water partition coefficient (Wildman–Crippen LogP) is 6.19. The molecule has 4 aliphatic rings. The Morgan fingerprint density at radius 3 is 2.45 bits per heavy atom. The van der Waals surface area contributed by atoms with Gasteiger partial charge in [0, 0.05) is 19.3 Å². The second-order valence-corrected chi connectivity index (χ2v) is 12.8. The van der Waals surface area contributed by atoms with Gasteiger partial charge in [-0.15, -0.1) is 0 Å². The van der Waals surface area contributed by atoms with Crippen molar-refractivity contribution in [2.45, 2.75) is 117 Å². The minimum absolute atomic E-state index is 0.00498. The van der Waals surface area contributed by atoms with Crippen LogP contribution in [0.1, 0.15) is 105 Å². The summed E-state index contributed by atoms with van der Waals surface area (Å²) < 4.78 is 6.26. The molecule has 0 aromatic rings. The third-order valence-electron chi connectivity index (χ3n) is 11.4. The number of aldehydes is 1. The minimum Gasteiger partial charge on any atom is -0.462 e. The molecule has 4 aliphatic carbocycles. The SMILES string of the molecule is CC[C@H]1[C@@H](OC(C)=O)[C@@H]2[C@H](CC[C@]3(C)[C@@H]([C@H](C)CCCC=O)CC[C@@H]23)[C@@]2(C)CC[C@@H](O)C[C@@H]12. The van der Waals surface area contributed by atoms with Gasteiger partial charge in [-0.3, -0.25) is 4.79 Å². The van der Waals surface area contributed by atoms with Crippen LogP contribution < -0.4 is 0 Å². The summed E-state index contributed by atoms with van der Waals surface area (Å²) in [5.41, 5.74) is 0.548. The van der Waals surface area contributed by atoms with Crippen molar-refractivity contribution in [3.8, 4) is 0 Å². The van der Waals surface area contributed by atoms with Crippen LogP contribution >= 0.6 is 0 Å². The Morgan fingerprint density at radius 1 is 1.09 bits per heavy atom. The van der Waals surface area contributed by atoms with Crippen LogP contribution in [0, 0.1) is 52.3 Å². The molecule has 0 amide bonds. The van der Waals surface area contributed by atoms with E-state index in [-0.39, 0.29) is 23.6 Å². The molecule has 4 heteroatoms. The molecule has 1 N–H and O–H groups in total. The van der Waals surface area contributed by atoms with Gasteiger partial charge in [0.15, 0.2) is 0 Å². The topological polar surface area (TPSA) is 63.6 Å². The summed E-state index contributed by atoms with van der Waals surface area (Å²) in [5, 5.41) is 10.6. The molecule has 0 bridgehead atoms. The summed E-state index contributed by atoms with van der Waals surface area (Å²) in [6.45, 7) is 11.3. The maximum Gasteiger partial charge on any atom is 0.302 e. The monoisotopic (exact) mass is 460 g/mol. The van der Waals surface area contributed by atoms with Gasteiger partial charge < -0.3 is 14.6 Å². The maximum absolute atomic E-state index is 12.3. The Balaban J connectivity index is 1.67. The van der Waals surface area contributed by atoms with E-state index >= 15 is 0 Å². The first-order valence-corrected chi connectivity index (χ1v) is 14.0. The molecule has 0 radical (unpaired) electrons. The number of esters is 1. The van der Waals surface area contributed by atoms with Crippen LogP contribution in [0.25, 0.3) is 0 Å². The number of aliphatic hydroxyl groups excluding tert-OH is 1. The van der Waals surface area contributed by atoms with Gasteiger partial charge in [0.05, 0.1) is 6.10 Å². The predicted molar refractivity (Wildman–Crippen MR) is 130 cm³/mol. The number of aliphatic hydroxyl groups is 1. The van der Waals surface area contributed by atoms with Gasteiger partial charge in [-0.2, -0.15) is 0 Å². The lowest BCUT2D eigenvalue weighted by atomic mass is 9.41. The van der Waals surface area contributed by atoms with Crippen LogP contribution in [0.2, 0.25) is 0 Å². The summed E-state index contributed by atoms with van der Waals surface area (Å²) in [6, 6.07) is 0. The number of carbonyl (C=O) groups is 2. The third-order valence-corrected chi connectivity index (χ3v) is 11.4. The zero-order chi connectivity index (χ0) is 24.0. The van der Waals surface area contributed by atoms with Crippen molar-refractivity contribution in [2.24, 2.45) is 52.3 Å². The van der Waals surface area contributed by atoms with Crippen molar-refractivity contribution in [1.82, 2.24) is 0 Å². The normalized spacial score (nSPS) is 47.7. The van der Waals surface area contributed by atoms with Crippen molar-refractivity contribution in [3.05, 3.63) is 0 Å². The molecule has 0 heterocycles. The second-order valence-electron chi connectivity index (χ2n) is 12.8. The van der Waals surface area contributed by atoms with E-state index in [1.54, 1.807) is 6.92 Å². The fourth-order valence-electron chi connectivity index (χ4n) is 9.98. The van der Waals surface area contributed by atoms with Crippen molar-refractivity contribution < 1.29 is 19.4 Å². The first-order chi connectivity index (χ1) is 15.7. The molecule has 4 rings (SSSR count). The number of unbranched alkanes of at least 4 members (excludes halogenated alkanes) is 1. The van der Waals surface area contributed by atoms with E-state index < -0.39 is 0 Å². The van der Waals surface area contributed by atoms with Crippen molar-refractivity contribution in [3.63, 3.8) is 0 Å². The van der Waals surface area contributed by atoms with Gasteiger partial charge in [0.25, 0.3) is 0 Å². The highest BCUT2D eigenvalue weighted by molar-refractivity contribution is 5.66. The number of fused-ring (bicyclic) bond motifs is 5. The molecular formula is C29H48O4. The van der Waals surface area contributed by atoms with E-state index in [9.17, 15) is 14.7 Å². The van der Waals surface area contributed by atoms with Crippen LogP contribution in [-0.4, -0.2) is 29.6 Å². The van der Waals surface area contributed by atoms with Gasteiger partial charge in [0.2, 0.25) is 0 Å². The summed E-state index contributed by atoms with van der Waals surface area (Å²) in [7, 11) is 0. The van der Waals surface area contributed by atoms with Gasteiger partial charge in [0.1, 0.15) is 12.4 Å². The van der Waals surface area contributed by atoms with Gasteiger partial charge in [-0.05, 0) is 104 Å². The molecule has 0 aromatic carbocycles. The maximum atomic E-state index is 12.3. The Morgan fingerprint density at radius 2 is 1.79 bits per heavy atom. The molecule has 0 saturated heterocycles. The molecule has 0 unspecified atom stereocenters. The molecule has 0 aliphatic heterocycles. The standard InChI is InChI=1S/C29H48O4/c1-6-21-25-17-20(32)12-14-29(25,5)24-13-15-28(4)22(18(2)9-7-8-16-30)10-11-23(28)26(24)27(21)33-19(3)31/h16,18,20-27,32H,6-15,17H2,1-5H3/t18-,20-,21-,22-,23+,24+,25+,26+,27-,28-,29-/m1/s1. The number of rotatable bonds is 7. The first-order valence-electron chi connectivity index (χ1n) is 14.0. The summed E-state index contributed by atoms with van der Waals surface area (Å²) in [6.07, 6.45) is 12.6. The van der Waals surface area contributed by atoms with E-state index in [2.05, 4.69) is 27.7 Å². The molecule has 188 valence electrons. The van der Waals surface area contributed by atoms with E-state index in [1.807, 2.05) is 0 Å². The number of carbonyl (C=O) groups excluding carboxylic acids is 2. The Labute approximate surface area is 201 Å². The molecule has 0 aromatic heterocycles. The Kier molecular flexibility index (Phi) is 7.35. The number of hydrogen-bond donors (Lipinski definition) is 1. The van der Waals surface area contributed by atoms with E-state index in [0.29, 0.717) is 53.3 Å². The van der Waals surface area contributed by atoms with Crippen LogP contribution in [0.5, 0.6) is 0 Å². The molecule has 0 spiro atoms. The van der Waals surface area contributed by atoms with Gasteiger partial charge >= 0.3 is 5.97 Å². The van der Waals surface area contributed by atoms with Crippen LogP contribution in [0.3, 0.4) is 0 Å². The average Bonchev–Trinajstić information content (AvgIpc) is 3.12. The highest BCUT2D eigenvalue weighted by Crippen LogP contribution is 2.70. The van der Waals surface area contributed by atoms with E-state index in [1.165, 1.54) is 25.7 Å². The second kappa shape index (κ2) is 9.63. The Hall–Kier alpha value is -0.900. The van der Waals surface area contributed by atoms with E-state index in [4.69, 9.17) is 4.74 Å². The molecule has 4 nitrogen and oxygen atoms in total. The molecular weight excluding hydrogens is 412 g/mol. The molecule has 33 heavy (non-hydrogen) atoms. The van der Waals surface area contributed by atoms with Crippen molar-refractivity contribution in [1.29, 1.82) is 0 Å². The van der Waals surface area contributed by atoms with Crippen molar-refractivity contribution >= 4 is 12.3 Å². The zero-order valence-electron chi connectivity index (χ0n) is 21.7. The fraction of sp³-hybridized carbons (Fsp3) is 0.931. The van der Waals surface area contributed by atoms with Crippen LogP contribution in [0.4, 0.5) is 0 Å². The average molecular weight is 461 g/mol. The largest absolute Gasteiger partial charge is 0.462 e. The lowest BCUT2D eigenvalue weighted by Crippen LogP contribution is -2.63. The molecule has 4 saturated carbocycles. The lowest BCUT2D eigenvalue weighted by Gasteiger charge is -2.65. The van der Waals surface area contributed by atoms with Crippen LogP contribution in [-0.2, 0) is 14.3 Å². The first kappa shape index (κ1) is 25.2. The quantitative estimate of drug-likeness (QED) is 0.279. The number of hydrogen-bond acceptors (Lipinski definition) is 4. The Bertz CT molecular complexity index is 720. The molecule has 4 fully saturated rings. The van der Waals surface area contributed by atoms with Gasteiger partial charge in [-0.25, -0.2) is 0 Å². The fourth-order valence-corrected chi connectivity index (χ4v) is 9.98. The summed E-state index contributed by atoms with van der Waals surface area (Å²) in [5.74, 6) is 3.64. The lowest BCUT2D eigenvalue weighted by molar-refractivity contribution is -0.217. The highest BCUT2D eigenvalue weighted by atomic mass is 16.5. The minimum atomic E-state index is -0.205. The summed E-state index contributed by atoms with van der Waals surface area (Å²) in [4.78, 5) is 23.2.